The van der Waals surface area contributed by atoms with Crippen LogP contribution in [0.2, 0.25) is 0 Å². The van der Waals surface area contributed by atoms with Gasteiger partial charge in [0.05, 0.1) is 6.33 Å². The number of aromatic amines is 1. The topological polar surface area (TPSA) is 125 Å². The molecule has 0 aliphatic carbocycles. The molecule has 1 fully saturated rings. The number of carbonyl (C=O) groups excluding carboxylic acids is 3. The van der Waals surface area contributed by atoms with Crippen LogP contribution >= 0.6 is 12.4 Å². The zero-order chi connectivity index (χ0) is 18.4. The number of H-pyrrole nitrogens is 1. The van der Waals surface area contributed by atoms with Gasteiger partial charge in [-0.1, -0.05) is 0 Å². The molecule has 1 aliphatic heterocycles. The second kappa shape index (κ2) is 9.54. The number of nitrogens with zero attached hydrogens (tertiary/aromatic N) is 1. The molecule has 0 spiro atoms. The molecule has 1 aromatic rings. The quantitative estimate of drug-likeness (QED) is 0.541. The summed E-state index contributed by atoms with van der Waals surface area (Å²) in [5, 5.41) is 8.53. The fraction of sp³-hybridized carbons (Fsp3) is 0.625. The molecule has 4 N–H and O–H groups in total. The van der Waals surface area contributed by atoms with Gasteiger partial charge in [0, 0.05) is 6.04 Å². The van der Waals surface area contributed by atoms with Crippen molar-refractivity contribution >= 4 is 30.2 Å². The van der Waals surface area contributed by atoms with Gasteiger partial charge in [-0.25, -0.2) is 4.98 Å². The summed E-state index contributed by atoms with van der Waals surface area (Å²) in [6, 6.07) is 0.0584. The molecule has 0 aromatic carbocycles. The number of ether oxygens (including phenoxy) is 1. The van der Waals surface area contributed by atoms with E-state index in [0.29, 0.717) is 0 Å². The molecule has 0 radical (unpaired) electrons. The first-order chi connectivity index (χ1) is 11.8. The molecule has 0 bridgehead atoms. The number of hydrogen-bond donors (Lipinski definition) is 4. The van der Waals surface area contributed by atoms with Crippen molar-refractivity contribution in [3.63, 3.8) is 0 Å². The number of aromatic nitrogens is 2. The number of amides is 2. The highest BCUT2D eigenvalue weighted by Crippen LogP contribution is 2.08. The smallest absolute Gasteiger partial charge is 0.325 e. The van der Waals surface area contributed by atoms with Crippen LogP contribution in [-0.4, -0.2) is 59.0 Å². The van der Waals surface area contributed by atoms with Crippen LogP contribution in [-0.2, 0) is 9.53 Å². The second-order valence-corrected chi connectivity index (χ2v) is 6.89. The van der Waals surface area contributed by atoms with Crippen LogP contribution in [0.15, 0.2) is 6.33 Å². The molecule has 2 rings (SSSR count). The summed E-state index contributed by atoms with van der Waals surface area (Å²) in [7, 11) is 0. The number of hydrogen-bond acceptors (Lipinski definition) is 6. The average Bonchev–Trinajstić information content (AvgIpc) is 3.01. The minimum Gasteiger partial charge on any atom is -0.459 e. The Morgan fingerprint density at radius 3 is 2.50 bits per heavy atom. The minimum absolute atomic E-state index is 0. The van der Waals surface area contributed by atoms with Crippen molar-refractivity contribution in [1.29, 1.82) is 0 Å². The van der Waals surface area contributed by atoms with Crippen LogP contribution in [0.3, 0.4) is 0 Å². The van der Waals surface area contributed by atoms with E-state index in [1.165, 1.54) is 6.33 Å². The molecule has 146 valence electrons. The molecule has 0 saturated carbocycles. The summed E-state index contributed by atoms with van der Waals surface area (Å²) >= 11 is 0. The summed E-state index contributed by atoms with van der Waals surface area (Å²) < 4.78 is 5.12. The molecule has 10 heteroatoms. The summed E-state index contributed by atoms with van der Waals surface area (Å²) in [5.41, 5.74) is -0.592. The fourth-order valence-corrected chi connectivity index (χ4v) is 2.48. The predicted octanol–water partition coefficient (Wildman–Crippen LogP) is 0.385. The highest BCUT2D eigenvalue weighted by atomic mass is 35.5. The van der Waals surface area contributed by atoms with E-state index in [2.05, 4.69) is 25.9 Å². The highest BCUT2D eigenvalue weighted by Gasteiger charge is 2.24. The van der Waals surface area contributed by atoms with Crippen molar-refractivity contribution in [1.82, 2.24) is 25.9 Å². The Labute approximate surface area is 158 Å². The Morgan fingerprint density at radius 1 is 1.23 bits per heavy atom. The number of nitrogens with one attached hydrogen (secondary N) is 4. The Morgan fingerprint density at radius 2 is 1.88 bits per heavy atom. The van der Waals surface area contributed by atoms with E-state index in [4.69, 9.17) is 4.74 Å². The lowest BCUT2D eigenvalue weighted by Crippen LogP contribution is -2.43. The normalized spacial score (nSPS) is 14.9. The van der Waals surface area contributed by atoms with Gasteiger partial charge in [0.1, 0.15) is 17.8 Å². The third kappa shape index (κ3) is 6.64. The second-order valence-electron chi connectivity index (χ2n) is 6.89. The SMILES string of the molecule is CC(C)(C)OC(=O)CNC(=O)c1[nH]cnc1C(=O)NC1CCNCC1.Cl. The van der Waals surface area contributed by atoms with Gasteiger partial charge in [-0.3, -0.25) is 14.4 Å². The number of rotatable bonds is 5. The van der Waals surface area contributed by atoms with Gasteiger partial charge in [-0.15, -0.1) is 12.4 Å². The molecular weight excluding hydrogens is 362 g/mol. The zero-order valence-electron chi connectivity index (χ0n) is 15.2. The van der Waals surface area contributed by atoms with Crippen LogP contribution in [0.25, 0.3) is 0 Å². The van der Waals surface area contributed by atoms with Gasteiger partial charge in [0.25, 0.3) is 11.8 Å². The fourth-order valence-electron chi connectivity index (χ4n) is 2.48. The third-order valence-electron chi connectivity index (χ3n) is 3.57. The maximum absolute atomic E-state index is 12.3. The third-order valence-corrected chi connectivity index (χ3v) is 3.57. The van der Waals surface area contributed by atoms with Crippen LogP contribution < -0.4 is 16.0 Å². The van der Waals surface area contributed by atoms with E-state index in [1.807, 2.05) is 0 Å². The number of carbonyl (C=O) groups is 3. The monoisotopic (exact) mass is 387 g/mol. The standard InChI is InChI=1S/C16H25N5O4.ClH/c1-16(2,3)25-11(22)8-18-14(23)12-13(20-9-19-12)15(24)21-10-4-6-17-7-5-10;/h9-10,17H,4-8H2,1-3H3,(H,18,23)(H,19,20)(H,21,24);1H. The lowest BCUT2D eigenvalue weighted by molar-refractivity contribution is -0.153. The van der Waals surface area contributed by atoms with Crippen LogP contribution in [0.4, 0.5) is 0 Å². The van der Waals surface area contributed by atoms with Crippen molar-refractivity contribution in [2.45, 2.75) is 45.3 Å². The number of piperidine rings is 1. The maximum atomic E-state index is 12.3. The average molecular weight is 388 g/mol. The largest absolute Gasteiger partial charge is 0.459 e. The molecule has 9 nitrogen and oxygen atoms in total. The first-order valence-corrected chi connectivity index (χ1v) is 8.31. The van der Waals surface area contributed by atoms with E-state index in [-0.39, 0.29) is 36.4 Å². The Bertz CT molecular complexity index is 635. The Hall–Kier alpha value is -2.13. The molecule has 2 heterocycles. The number of halogens is 1. The van der Waals surface area contributed by atoms with Crippen LogP contribution in [0, 0.1) is 0 Å². The van der Waals surface area contributed by atoms with Crippen molar-refractivity contribution in [2.24, 2.45) is 0 Å². The first kappa shape index (κ1) is 21.9. The van der Waals surface area contributed by atoms with Crippen LogP contribution in [0.5, 0.6) is 0 Å². The van der Waals surface area contributed by atoms with Gasteiger partial charge >= 0.3 is 5.97 Å². The molecule has 0 unspecified atom stereocenters. The predicted molar refractivity (Wildman–Crippen MR) is 97.4 cm³/mol. The summed E-state index contributed by atoms with van der Waals surface area (Å²) in [6.07, 6.45) is 2.94. The summed E-state index contributed by atoms with van der Waals surface area (Å²) in [5.74, 6) is -1.55. The lowest BCUT2D eigenvalue weighted by Gasteiger charge is -2.23. The van der Waals surface area contributed by atoms with Gasteiger partial charge in [0.15, 0.2) is 5.69 Å². The van der Waals surface area contributed by atoms with Crippen molar-refractivity contribution in [3.8, 4) is 0 Å². The van der Waals surface area contributed by atoms with E-state index in [0.717, 1.165) is 25.9 Å². The molecule has 1 aliphatic rings. The molecule has 2 amide bonds. The van der Waals surface area contributed by atoms with Gasteiger partial charge < -0.3 is 25.7 Å². The highest BCUT2D eigenvalue weighted by molar-refractivity contribution is 6.05. The number of imidazole rings is 1. The lowest BCUT2D eigenvalue weighted by atomic mass is 10.1. The first-order valence-electron chi connectivity index (χ1n) is 8.31. The summed E-state index contributed by atoms with van der Waals surface area (Å²) in [4.78, 5) is 42.8. The van der Waals surface area contributed by atoms with Crippen LogP contribution in [0.1, 0.15) is 54.6 Å². The number of esters is 1. The van der Waals surface area contributed by atoms with Crippen molar-refractivity contribution < 1.29 is 19.1 Å². The molecule has 0 atom stereocenters. The van der Waals surface area contributed by atoms with E-state index in [9.17, 15) is 14.4 Å². The van der Waals surface area contributed by atoms with E-state index in [1.54, 1.807) is 20.8 Å². The molecular formula is C16H26ClN5O4. The minimum atomic E-state index is -0.629. The molecule has 1 saturated heterocycles. The maximum Gasteiger partial charge on any atom is 0.325 e. The van der Waals surface area contributed by atoms with Crippen molar-refractivity contribution in [2.75, 3.05) is 19.6 Å². The zero-order valence-corrected chi connectivity index (χ0v) is 16.0. The summed E-state index contributed by atoms with van der Waals surface area (Å²) in [6.45, 7) is 6.62. The van der Waals surface area contributed by atoms with Crippen molar-refractivity contribution in [3.05, 3.63) is 17.7 Å². The molecule has 1 aromatic heterocycles. The molecule has 26 heavy (non-hydrogen) atoms. The van der Waals surface area contributed by atoms with Gasteiger partial charge in [-0.05, 0) is 46.7 Å². The van der Waals surface area contributed by atoms with Gasteiger partial charge in [0.2, 0.25) is 0 Å². The van der Waals surface area contributed by atoms with E-state index >= 15 is 0 Å². The Kier molecular flexibility index (Phi) is 8.04. The van der Waals surface area contributed by atoms with Gasteiger partial charge in [-0.2, -0.15) is 0 Å². The Balaban J connectivity index is 0.00000338. The van der Waals surface area contributed by atoms with E-state index < -0.39 is 23.4 Å².